The molecular weight excluding hydrogens is 327 g/mol. The van der Waals surface area contributed by atoms with Crippen LogP contribution < -0.4 is 10.2 Å². The van der Waals surface area contributed by atoms with Crippen molar-refractivity contribution in [2.24, 2.45) is 0 Å². The summed E-state index contributed by atoms with van der Waals surface area (Å²) >= 11 is 0.0389. The number of aliphatic carboxylic acids is 2. The summed E-state index contributed by atoms with van der Waals surface area (Å²) in [5, 5.41) is 20.0. The van der Waals surface area contributed by atoms with E-state index in [2.05, 4.69) is 27.7 Å². The first kappa shape index (κ1) is 18.8. The molecule has 0 saturated carbocycles. The molecule has 0 radical (unpaired) electrons. The molecule has 0 aliphatic heterocycles. The van der Waals surface area contributed by atoms with Crippen LogP contribution in [0.15, 0.2) is 11.1 Å². The molecule has 0 N–H and O–H groups in total. The van der Waals surface area contributed by atoms with E-state index in [1.165, 1.54) is 0 Å². The SMILES string of the molecule is C/C(C(=O)[O-])=C(\C)C(=O)[O-].C[CH](C)[Sn+2][CH](C)C. The zero-order chi connectivity index (χ0) is 14.2. The predicted molar refractivity (Wildman–Crippen MR) is 64.3 cm³/mol. The van der Waals surface area contributed by atoms with E-state index in [9.17, 15) is 19.8 Å². The van der Waals surface area contributed by atoms with E-state index in [1.54, 1.807) is 0 Å². The number of carbonyl (C=O) groups is 2. The van der Waals surface area contributed by atoms with Gasteiger partial charge in [-0.25, -0.2) is 0 Å². The Morgan fingerprint density at radius 2 is 1.06 bits per heavy atom. The number of rotatable bonds is 4. The Balaban J connectivity index is 0. The van der Waals surface area contributed by atoms with Crippen LogP contribution >= 0.6 is 0 Å². The average molecular weight is 347 g/mol. The number of carboxylic acids is 2. The van der Waals surface area contributed by atoms with Crippen molar-refractivity contribution in [2.45, 2.75) is 49.4 Å². The van der Waals surface area contributed by atoms with Gasteiger partial charge in [-0.2, -0.15) is 0 Å². The molecule has 96 valence electrons. The summed E-state index contributed by atoms with van der Waals surface area (Å²) in [6.45, 7) is 11.7. The fourth-order valence-corrected chi connectivity index (χ4v) is 4.78. The summed E-state index contributed by atoms with van der Waals surface area (Å²) in [5.74, 6) is -2.97. The zero-order valence-electron chi connectivity index (χ0n) is 11.3. The molecule has 5 heteroatoms. The van der Waals surface area contributed by atoms with Gasteiger partial charge in [-0.1, -0.05) is 0 Å². The molecular formula is C12H20O4Sn. The first-order valence-corrected chi connectivity index (χ1v) is 8.75. The molecule has 0 saturated heterocycles. The van der Waals surface area contributed by atoms with Crippen LogP contribution in [0.5, 0.6) is 0 Å². The Morgan fingerprint density at radius 1 is 0.824 bits per heavy atom. The maximum absolute atomic E-state index is 9.99. The maximum atomic E-state index is 9.99. The summed E-state index contributed by atoms with van der Waals surface area (Å²) in [4.78, 5) is 20.0. The van der Waals surface area contributed by atoms with Crippen molar-refractivity contribution in [1.29, 1.82) is 0 Å². The van der Waals surface area contributed by atoms with E-state index >= 15 is 0 Å². The van der Waals surface area contributed by atoms with E-state index in [0.29, 0.717) is 0 Å². The molecule has 0 aromatic heterocycles. The van der Waals surface area contributed by atoms with Gasteiger partial charge in [-0.15, -0.1) is 0 Å². The first-order valence-electron chi connectivity index (χ1n) is 5.45. The molecule has 0 heterocycles. The van der Waals surface area contributed by atoms with E-state index in [0.717, 1.165) is 21.7 Å². The van der Waals surface area contributed by atoms with Gasteiger partial charge in [0.05, 0.1) is 11.9 Å². The van der Waals surface area contributed by atoms with Crippen molar-refractivity contribution < 1.29 is 19.8 Å². The third-order valence-corrected chi connectivity index (χ3v) is 5.65. The van der Waals surface area contributed by atoms with E-state index in [-0.39, 0.29) is 32.3 Å². The van der Waals surface area contributed by atoms with Gasteiger partial charge in [0.2, 0.25) is 0 Å². The summed E-state index contributed by atoms with van der Waals surface area (Å²) in [5.41, 5.74) is -0.611. The topological polar surface area (TPSA) is 80.3 Å². The first-order chi connectivity index (χ1) is 7.59. The van der Waals surface area contributed by atoms with Crippen molar-refractivity contribution in [3.8, 4) is 0 Å². The number of hydrogen-bond donors (Lipinski definition) is 0. The molecule has 4 nitrogen and oxygen atoms in total. The molecule has 0 bridgehead atoms. The number of carbonyl (C=O) groups excluding carboxylic acids is 2. The Bertz CT molecular complexity index is 265. The van der Waals surface area contributed by atoms with Crippen LogP contribution in [-0.4, -0.2) is 33.1 Å². The predicted octanol–water partition coefficient (Wildman–Crippen LogP) is 0.170. The Hall–Kier alpha value is -0.521. The minimum atomic E-state index is -1.48. The molecule has 0 atom stereocenters. The van der Waals surface area contributed by atoms with Gasteiger partial charge < -0.3 is 19.8 Å². The minimum absolute atomic E-state index is 0.0389. The molecule has 0 amide bonds. The summed E-state index contributed by atoms with van der Waals surface area (Å²) < 4.78 is 2.09. The Labute approximate surface area is 113 Å². The quantitative estimate of drug-likeness (QED) is 0.537. The molecule has 0 aliphatic rings. The van der Waals surface area contributed by atoms with Crippen LogP contribution in [0.2, 0.25) is 7.87 Å². The molecule has 0 spiro atoms. The van der Waals surface area contributed by atoms with Crippen LogP contribution in [-0.2, 0) is 9.59 Å². The molecule has 0 aliphatic carbocycles. The van der Waals surface area contributed by atoms with Crippen LogP contribution in [0.25, 0.3) is 0 Å². The summed E-state index contributed by atoms with van der Waals surface area (Å²) in [7, 11) is 0. The zero-order valence-corrected chi connectivity index (χ0v) is 14.1. The number of carboxylic acid groups (broad SMARTS) is 2. The van der Waals surface area contributed by atoms with Crippen LogP contribution in [0, 0.1) is 0 Å². The Morgan fingerprint density at radius 3 is 1.12 bits per heavy atom. The molecule has 0 aromatic carbocycles. The van der Waals surface area contributed by atoms with Gasteiger partial charge in [-0.3, -0.25) is 0 Å². The normalized spacial score (nSPS) is 11.3. The molecule has 17 heavy (non-hydrogen) atoms. The number of hydrogen-bond acceptors (Lipinski definition) is 4. The van der Waals surface area contributed by atoms with Crippen LogP contribution in [0.4, 0.5) is 0 Å². The van der Waals surface area contributed by atoms with Crippen molar-refractivity contribution in [3.63, 3.8) is 0 Å². The van der Waals surface area contributed by atoms with Crippen LogP contribution in [0.1, 0.15) is 41.5 Å². The van der Waals surface area contributed by atoms with E-state index in [1.807, 2.05) is 0 Å². The second-order valence-electron chi connectivity index (χ2n) is 4.30. The van der Waals surface area contributed by atoms with Crippen molar-refractivity contribution in [2.75, 3.05) is 0 Å². The van der Waals surface area contributed by atoms with Crippen molar-refractivity contribution in [1.82, 2.24) is 0 Å². The average Bonchev–Trinajstić information content (AvgIpc) is 2.13. The van der Waals surface area contributed by atoms with Gasteiger partial charge in [-0.05, 0) is 25.0 Å². The standard InChI is InChI=1S/C6H8O4.2C3H7.Sn/c1-3(5(7)8)4(2)6(9)10;2*1-3-2;/h1-2H3,(H,7,8)(H,9,10);2*3H,1-2H3;/q;;;+2/p-2/b4-3-;;;. The summed E-state index contributed by atoms with van der Waals surface area (Å²) in [6.07, 6.45) is 0. The van der Waals surface area contributed by atoms with E-state index < -0.39 is 11.9 Å². The molecule has 0 fully saturated rings. The van der Waals surface area contributed by atoms with Gasteiger partial charge in [0.1, 0.15) is 0 Å². The van der Waals surface area contributed by atoms with E-state index in [4.69, 9.17) is 0 Å². The van der Waals surface area contributed by atoms with Gasteiger partial charge in [0.25, 0.3) is 0 Å². The fourth-order valence-electron chi connectivity index (χ4n) is 0.973. The molecule has 0 aromatic rings. The van der Waals surface area contributed by atoms with Crippen LogP contribution in [0.3, 0.4) is 0 Å². The molecule has 0 unspecified atom stereocenters. The fraction of sp³-hybridized carbons (Fsp3) is 0.667. The third kappa shape index (κ3) is 11.7. The van der Waals surface area contributed by atoms with Gasteiger partial charge >= 0.3 is 56.7 Å². The van der Waals surface area contributed by atoms with Gasteiger partial charge in [0.15, 0.2) is 0 Å². The third-order valence-electron chi connectivity index (χ3n) is 1.84. The molecule has 0 rings (SSSR count). The second kappa shape index (κ2) is 9.50. The van der Waals surface area contributed by atoms with Crippen molar-refractivity contribution >= 4 is 33.1 Å². The van der Waals surface area contributed by atoms with Crippen molar-refractivity contribution in [3.05, 3.63) is 11.1 Å². The summed E-state index contributed by atoms with van der Waals surface area (Å²) in [6, 6.07) is 0. The Kier molecular flexibility index (Phi) is 10.5. The second-order valence-corrected chi connectivity index (χ2v) is 11.8. The monoisotopic (exact) mass is 348 g/mol. The van der Waals surface area contributed by atoms with Gasteiger partial charge in [0, 0.05) is 0 Å².